The zero-order valence-corrected chi connectivity index (χ0v) is 19.2. The molecule has 0 unspecified atom stereocenters. The van der Waals surface area contributed by atoms with Crippen LogP contribution in [-0.2, 0) is 11.3 Å². The number of hydrogen-bond acceptors (Lipinski definition) is 5. The fourth-order valence-electron chi connectivity index (χ4n) is 4.15. The number of ether oxygens (including phenoxy) is 1. The van der Waals surface area contributed by atoms with Gasteiger partial charge >= 0.3 is 0 Å². The van der Waals surface area contributed by atoms with Gasteiger partial charge < -0.3 is 15.0 Å². The number of amides is 1. The van der Waals surface area contributed by atoms with Crippen LogP contribution in [0.25, 0.3) is 20.8 Å². The number of nitrogens with one attached hydrogen (secondary N) is 1. The van der Waals surface area contributed by atoms with Crippen LogP contribution in [0.3, 0.4) is 0 Å². The molecule has 0 spiro atoms. The first kappa shape index (κ1) is 21.8. The Bertz CT molecular complexity index is 990. The average Bonchev–Trinajstić information content (AvgIpc) is 3.02. The van der Waals surface area contributed by atoms with Crippen molar-refractivity contribution in [3.63, 3.8) is 0 Å². The minimum atomic E-state index is -0.0297. The Labute approximate surface area is 188 Å². The van der Waals surface area contributed by atoms with Crippen LogP contribution in [0.5, 0.6) is 5.75 Å². The average molecular weight is 438 g/mol. The van der Waals surface area contributed by atoms with Crippen molar-refractivity contribution >= 4 is 27.5 Å². The Morgan fingerprint density at radius 2 is 1.90 bits per heavy atom. The summed E-state index contributed by atoms with van der Waals surface area (Å²) in [5, 5.41) is 4.16. The molecule has 1 heterocycles. The van der Waals surface area contributed by atoms with Crippen LogP contribution >= 0.6 is 11.3 Å². The Hall–Kier alpha value is -2.44. The van der Waals surface area contributed by atoms with E-state index in [0.29, 0.717) is 6.04 Å². The molecule has 1 fully saturated rings. The number of rotatable bonds is 7. The summed E-state index contributed by atoms with van der Waals surface area (Å²) < 4.78 is 7.15. The molecule has 31 heavy (non-hydrogen) atoms. The lowest BCUT2D eigenvalue weighted by Crippen LogP contribution is -2.37. The SMILES string of the molecule is CN(C)Cc1cc(-c2nc3ccccc3s2)ccc1OCC(=O)NC1CCCCCC1. The molecule has 0 saturated heterocycles. The van der Waals surface area contributed by atoms with Gasteiger partial charge in [0.25, 0.3) is 5.91 Å². The molecule has 3 aromatic rings. The maximum Gasteiger partial charge on any atom is 0.258 e. The second kappa shape index (κ2) is 10.2. The van der Waals surface area contributed by atoms with E-state index in [1.54, 1.807) is 11.3 Å². The molecule has 0 radical (unpaired) electrons. The van der Waals surface area contributed by atoms with Gasteiger partial charge in [-0.3, -0.25) is 4.79 Å². The maximum atomic E-state index is 12.5. The number of thiazole rings is 1. The molecule has 4 rings (SSSR count). The van der Waals surface area contributed by atoms with Crippen molar-refractivity contribution in [2.24, 2.45) is 0 Å². The van der Waals surface area contributed by atoms with Gasteiger partial charge in [-0.05, 0) is 57.3 Å². The highest BCUT2D eigenvalue weighted by Gasteiger charge is 2.16. The summed E-state index contributed by atoms with van der Waals surface area (Å²) in [6, 6.07) is 14.6. The molecular formula is C25H31N3O2S. The van der Waals surface area contributed by atoms with E-state index in [9.17, 15) is 4.79 Å². The Kier molecular flexibility index (Phi) is 7.20. The molecule has 6 heteroatoms. The topological polar surface area (TPSA) is 54.5 Å². The highest BCUT2D eigenvalue weighted by molar-refractivity contribution is 7.21. The first-order valence-electron chi connectivity index (χ1n) is 11.1. The van der Waals surface area contributed by atoms with E-state index >= 15 is 0 Å². The van der Waals surface area contributed by atoms with Crippen LogP contribution in [0, 0.1) is 0 Å². The van der Waals surface area contributed by atoms with Crippen LogP contribution < -0.4 is 10.1 Å². The smallest absolute Gasteiger partial charge is 0.258 e. The molecule has 1 N–H and O–H groups in total. The van der Waals surface area contributed by atoms with Gasteiger partial charge in [-0.1, -0.05) is 37.8 Å². The summed E-state index contributed by atoms with van der Waals surface area (Å²) in [5.74, 6) is 0.729. The third-order valence-electron chi connectivity index (χ3n) is 5.67. The number of benzene rings is 2. The summed E-state index contributed by atoms with van der Waals surface area (Å²) in [4.78, 5) is 19.4. The zero-order chi connectivity index (χ0) is 21.6. The number of fused-ring (bicyclic) bond motifs is 1. The van der Waals surface area contributed by atoms with Gasteiger partial charge in [-0.2, -0.15) is 0 Å². The van der Waals surface area contributed by atoms with E-state index in [4.69, 9.17) is 9.72 Å². The first-order chi connectivity index (χ1) is 15.1. The molecular weight excluding hydrogens is 406 g/mol. The van der Waals surface area contributed by atoms with E-state index in [-0.39, 0.29) is 12.5 Å². The van der Waals surface area contributed by atoms with Crippen molar-refractivity contribution in [2.75, 3.05) is 20.7 Å². The van der Waals surface area contributed by atoms with Gasteiger partial charge in [0.2, 0.25) is 0 Å². The van der Waals surface area contributed by atoms with Crippen molar-refractivity contribution in [2.45, 2.75) is 51.1 Å². The highest BCUT2D eigenvalue weighted by Crippen LogP contribution is 2.33. The summed E-state index contributed by atoms with van der Waals surface area (Å²) in [7, 11) is 4.07. The third-order valence-corrected chi connectivity index (χ3v) is 6.75. The van der Waals surface area contributed by atoms with Crippen LogP contribution in [0.2, 0.25) is 0 Å². The molecule has 0 aliphatic heterocycles. The molecule has 164 valence electrons. The molecule has 0 atom stereocenters. The summed E-state index contributed by atoms with van der Waals surface area (Å²) >= 11 is 1.69. The molecule has 1 saturated carbocycles. The number of para-hydroxylation sites is 1. The monoisotopic (exact) mass is 437 g/mol. The molecule has 1 aromatic heterocycles. The zero-order valence-electron chi connectivity index (χ0n) is 18.4. The van der Waals surface area contributed by atoms with Gasteiger partial charge in [-0.15, -0.1) is 11.3 Å². The molecule has 1 aliphatic rings. The number of hydrogen-bond donors (Lipinski definition) is 1. The Balaban J connectivity index is 1.47. The van der Waals surface area contributed by atoms with Crippen LogP contribution in [0.15, 0.2) is 42.5 Å². The van der Waals surface area contributed by atoms with Gasteiger partial charge in [0, 0.05) is 23.7 Å². The van der Waals surface area contributed by atoms with Crippen LogP contribution in [-0.4, -0.2) is 42.5 Å². The Morgan fingerprint density at radius 3 is 2.65 bits per heavy atom. The lowest BCUT2D eigenvalue weighted by atomic mass is 10.1. The summed E-state index contributed by atoms with van der Waals surface area (Å²) in [6.07, 6.45) is 7.11. The van der Waals surface area contributed by atoms with Crippen molar-refractivity contribution < 1.29 is 9.53 Å². The van der Waals surface area contributed by atoms with Gasteiger partial charge in [0.15, 0.2) is 6.61 Å². The summed E-state index contributed by atoms with van der Waals surface area (Å²) in [5.41, 5.74) is 3.16. The van der Waals surface area contributed by atoms with Crippen LogP contribution in [0.1, 0.15) is 44.1 Å². The number of nitrogens with zero attached hydrogens (tertiary/aromatic N) is 2. The van der Waals surface area contributed by atoms with Crippen molar-refractivity contribution in [3.05, 3.63) is 48.0 Å². The standard InChI is InChI=1S/C25H31N3O2S/c1-28(2)16-19-15-18(25-27-21-11-7-8-12-23(21)31-25)13-14-22(19)30-17-24(29)26-20-9-5-3-4-6-10-20/h7-8,11-15,20H,3-6,9-10,16-17H2,1-2H3,(H,26,29). The fourth-order valence-corrected chi connectivity index (χ4v) is 5.11. The number of carbonyl (C=O) groups is 1. The van der Waals surface area contributed by atoms with E-state index in [0.717, 1.165) is 46.8 Å². The minimum absolute atomic E-state index is 0.0297. The quantitative estimate of drug-likeness (QED) is 0.514. The molecule has 1 amide bonds. The summed E-state index contributed by atoms with van der Waals surface area (Å²) in [6.45, 7) is 0.787. The molecule has 0 bridgehead atoms. The predicted octanol–water partition coefficient (Wildman–Crippen LogP) is 5.24. The maximum absolute atomic E-state index is 12.5. The number of aromatic nitrogens is 1. The lowest BCUT2D eigenvalue weighted by Gasteiger charge is -2.18. The second-order valence-corrected chi connectivity index (χ2v) is 9.62. The fraction of sp³-hybridized carbons (Fsp3) is 0.440. The first-order valence-corrected chi connectivity index (χ1v) is 12.0. The number of carbonyl (C=O) groups excluding carboxylic acids is 1. The molecule has 1 aliphatic carbocycles. The third kappa shape index (κ3) is 5.83. The van der Waals surface area contributed by atoms with E-state index < -0.39 is 0 Å². The Morgan fingerprint density at radius 1 is 1.13 bits per heavy atom. The van der Waals surface area contributed by atoms with Gasteiger partial charge in [0.05, 0.1) is 10.2 Å². The van der Waals surface area contributed by atoms with E-state index in [2.05, 4.69) is 22.3 Å². The van der Waals surface area contributed by atoms with Gasteiger partial charge in [0.1, 0.15) is 10.8 Å². The molecule has 5 nitrogen and oxygen atoms in total. The van der Waals surface area contributed by atoms with Crippen molar-refractivity contribution in [1.29, 1.82) is 0 Å². The minimum Gasteiger partial charge on any atom is -0.483 e. The largest absolute Gasteiger partial charge is 0.483 e. The molecule has 2 aromatic carbocycles. The van der Waals surface area contributed by atoms with E-state index in [1.807, 2.05) is 44.4 Å². The lowest BCUT2D eigenvalue weighted by molar-refractivity contribution is -0.123. The second-order valence-electron chi connectivity index (χ2n) is 8.59. The van der Waals surface area contributed by atoms with Crippen molar-refractivity contribution in [1.82, 2.24) is 15.2 Å². The highest BCUT2D eigenvalue weighted by atomic mass is 32.1. The van der Waals surface area contributed by atoms with Crippen molar-refractivity contribution in [3.8, 4) is 16.3 Å². The van der Waals surface area contributed by atoms with E-state index in [1.165, 1.54) is 30.4 Å². The predicted molar refractivity (Wildman–Crippen MR) is 128 cm³/mol. The van der Waals surface area contributed by atoms with Gasteiger partial charge in [-0.25, -0.2) is 4.98 Å². The van der Waals surface area contributed by atoms with Crippen LogP contribution in [0.4, 0.5) is 0 Å². The normalized spacial score (nSPS) is 15.2.